The predicted molar refractivity (Wildman–Crippen MR) is 203 cm³/mol. The maximum absolute atomic E-state index is 13.2. The van der Waals surface area contributed by atoms with Crippen molar-refractivity contribution in [3.05, 3.63) is 113 Å². The molecule has 0 aliphatic heterocycles. The third-order valence-corrected chi connectivity index (χ3v) is 8.27. The second-order valence-electron chi connectivity index (χ2n) is 14.1. The Balaban J connectivity index is 0.000000347. The summed E-state index contributed by atoms with van der Waals surface area (Å²) < 4.78 is 5.21. The number of hydrogen-bond donors (Lipinski definition) is 3. The Morgan fingerprint density at radius 1 is 0.784 bits per heavy atom. The Morgan fingerprint density at radius 3 is 1.69 bits per heavy atom. The van der Waals surface area contributed by atoms with Gasteiger partial charge in [0.15, 0.2) is 11.4 Å². The fourth-order valence-electron chi connectivity index (χ4n) is 5.19. The minimum atomic E-state index is -1.43. The van der Waals surface area contributed by atoms with Crippen molar-refractivity contribution in [3.63, 3.8) is 0 Å². The van der Waals surface area contributed by atoms with Crippen molar-refractivity contribution in [2.24, 2.45) is 20.8 Å². The fourth-order valence-corrected chi connectivity index (χ4v) is 5.19. The molecule has 1 aliphatic carbocycles. The molecule has 3 aromatic carbocycles. The summed E-state index contributed by atoms with van der Waals surface area (Å²) in [4.78, 5) is 26.7. The van der Waals surface area contributed by atoms with E-state index < -0.39 is 11.0 Å². The topological polar surface area (TPSA) is 135 Å². The van der Waals surface area contributed by atoms with Crippen molar-refractivity contribution in [3.8, 4) is 17.2 Å². The zero-order chi connectivity index (χ0) is 36.8. The van der Waals surface area contributed by atoms with Crippen molar-refractivity contribution in [1.82, 2.24) is 0 Å². The molecule has 0 saturated carbocycles. The van der Waals surface area contributed by atoms with Gasteiger partial charge in [-0.2, -0.15) is 0 Å². The van der Waals surface area contributed by atoms with Crippen LogP contribution >= 0.6 is 0 Å². The molecule has 3 aromatic rings. The number of Topliss-reactive ketones (excluding diaryl/α,β-unsaturated/α-hetero) is 1. The van der Waals surface area contributed by atoms with Gasteiger partial charge in [-0.15, -0.1) is 13.1 Å². The molecule has 51 heavy (non-hydrogen) atoms. The summed E-state index contributed by atoms with van der Waals surface area (Å²) in [6, 6.07) is 21.9. The molecular formula is C41H52CoN3O6-. The third-order valence-electron chi connectivity index (χ3n) is 8.27. The molecule has 1 unspecified atom stereocenters. The molecule has 4 rings (SSSR count). The van der Waals surface area contributed by atoms with E-state index in [1.807, 2.05) is 96.1 Å². The first-order valence-electron chi connectivity index (χ1n) is 16.9. The average Bonchev–Trinajstić information content (AvgIpc) is 3.08. The van der Waals surface area contributed by atoms with Gasteiger partial charge in [0, 0.05) is 64.4 Å². The number of rotatable bonds is 13. The van der Waals surface area contributed by atoms with Gasteiger partial charge in [0.2, 0.25) is 0 Å². The first-order chi connectivity index (χ1) is 23.7. The van der Waals surface area contributed by atoms with E-state index in [1.54, 1.807) is 49.9 Å². The van der Waals surface area contributed by atoms with Crippen LogP contribution in [0.1, 0.15) is 71.1 Å². The Kier molecular flexibility index (Phi) is 17.0. The Hall–Kier alpha value is -4.06. The van der Waals surface area contributed by atoms with Crippen LogP contribution in [-0.2, 0) is 26.5 Å². The molecule has 1 atom stereocenters. The second kappa shape index (κ2) is 20.1. The van der Waals surface area contributed by atoms with E-state index >= 15 is 0 Å². The number of aromatic hydroxyl groups is 2. The maximum atomic E-state index is 13.2. The molecule has 10 heteroatoms. The standard InChI is InChI=1S/C21H28O4.C20H24N3O2.Co/c1-19(2,3)17-12-15(14-8-10-16(24-7)11-9-14)13-21(25-23,18(17)22)20(4,5)6;24-19-9-3-1-7-17(19)15-22-13-5-11-21-12-6-14-23-16-18-8-2-4-10-20(18)25;/h8-13,23H,1-7H3;1-4,7-10,15-16,24-25H,5-6,11-14H2;/q;-1;. The molecule has 277 valence electrons. The van der Waals surface area contributed by atoms with E-state index in [0.717, 1.165) is 53.9 Å². The van der Waals surface area contributed by atoms with Gasteiger partial charge in [-0.25, -0.2) is 4.89 Å². The van der Waals surface area contributed by atoms with E-state index in [2.05, 4.69) is 15.3 Å². The number of ketones is 1. The molecule has 0 spiro atoms. The fraction of sp³-hybridized carbons (Fsp3) is 0.390. The van der Waals surface area contributed by atoms with Gasteiger partial charge in [-0.1, -0.05) is 90.8 Å². The van der Waals surface area contributed by atoms with Crippen LogP contribution in [-0.4, -0.2) is 72.6 Å². The van der Waals surface area contributed by atoms with Crippen LogP contribution < -0.4 is 4.74 Å². The number of carbonyl (C=O) groups is 1. The van der Waals surface area contributed by atoms with Gasteiger partial charge in [-0.3, -0.25) is 20.0 Å². The van der Waals surface area contributed by atoms with Gasteiger partial charge < -0.3 is 20.3 Å². The minimum Gasteiger partial charge on any atom is -0.662 e. The molecule has 0 amide bonds. The molecule has 1 radical (unpaired) electrons. The van der Waals surface area contributed by atoms with Crippen LogP contribution in [0.2, 0.25) is 0 Å². The monoisotopic (exact) mass is 741 g/mol. The van der Waals surface area contributed by atoms with Gasteiger partial charge in [0.25, 0.3) is 0 Å². The number of nitrogens with zero attached hydrogens (tertiary/aromatic N) is 3. The zero-order valence-corrected chi connectivity index (χ0v) is 31.8. The van der Waals surface area contributed by atoms with Crippen LogP contribution in [0.3, 0.4) is 0 Å². The van der Waals surface area contributed by atoms with Crippen molar-refractivity contribution >= 4 is 23.8 Å². The normalized spacial score (nSPS) is 16.3. The van der Waals surface area contributed by atoms with Crippen LogP contribution in [0.4, 0.5) is 0 Å². The van der Waals surface area contributed by atoms with E-state index in [4.69, 9.17) is 9.62 Å². The van der Waals surface area contributed by atoms with Gasteiger partial charge in [0.1, 0.15) is 17.2 Å². The van der Waals surface area contributed by atoms with Crippen LogP contribution in [0.5, 0.6) is 17.2 Å². The Morgan fingerprint density at radius 2 is 1.27 bits per heavy atom. The van der Waals surface area contributed by atoms with E-state index in [-0.39, 0.29) is 39.5 Å². The second-order valence-corrected chi connectivity index (χ2v) is 14.1. The summed E-state index contributed by atoms with van der Waals surface area (Å²) in [6.07, 6.45) is 8.81. The summed E-state index contributed by atoms with van der Waals surface area (Å²) in [5.74, 6) is 1.06. The number of hydrogen-bond acceptors (Lipinski definition) is 8. The number of carbonyl (C=O) groups excluding carboxylic acids is 1. The van der Waals surface area contributed by atoms with Crippen molar-refractivity contribution in [2.45, 2.75) is 60.0 Å². The zero-order valence-electron chi connectivity index (χ0n) is 30.7. The summed E-state index contributed by atoms with van der Waals surface area (Å²) in [7, 11) is 1.62. The van der Waals surface area contributed by atoms with Crippen molar-refractivity contribution < 1.29 is 46.7 Å². The maximum Gasteiger partial charge on any atom is 0.199 e. The molecule has 0 heterocycles. The van der Waals surface area contributed by atoms with Gasteiger partial charge >= 0.3 is 0 Å². The molecule has 1 aliphatic rings. The van der Waals surface area contributed by atoms with Crippen LogP contribution in [0.15, 0.2) is 101 Å². The van der Waals surface area contributed by atoms with Crippen molar-refractivity contribution in [2.75, 3.05) is 33.3 Å². The molecular weight excluding hydrogens is 689 g/mol. The number of benzene rings is 3. The molecule has 0 bridgehead atoms. The Labute approximate surface area is 313 Å². The smallest absolute Gasteiger partial charge is 0.199 e. The molecule has 0 aromatic heterocycles. The summed E-state index contributed by atoms with van der Waals surface area (Å²) in [5, 5.41) is 33.4. The first kappa shape index (κ1) is 43.1. The van der Waals surface area contributed by atoms with Crippen LogP contribution in [0, 0.1) is 10.8 Å². The number of phenols is 2. The minimum absolute atomic E-state index is 0. The summed E-state index contributed by atoms with van der Waals surface area (Å²) in [6.45, 7) is 14.6. The van der Waals surface area contributed by atoms with E-state index in [0.29, 0.717) is 18.7 Å². The predicted octanol–water partition coefficient (Wildman–Crippen LogP) is 8.70. The van der Waals surface area contributed by atoms with E-state index in [9.17, 15) is 20.3 Å². The molecule has 0 saturated heterocycles. The average molecular weight is 742 g/mol. The number of allylic oxidation sites excluding steroid dienone is 2. The quantitative estimate of drug-likeness (QED) is 0.0695. The van der Waals surface area contributed by atoms with E-state index in [1.165, 1.54) is 0 Å². The molecule has 9 nitrogen and oxygen atoms in total. The number of methoxy groups -OCH3 is 1. The first-order valence-corrected chi connectivity index (χ1v) is 16.9. The van der Waals surface area contributed by atoms with Gasteiger partial charge in [-0.05, 0) is 65.1 Å². The Bertz CT molecular complexity index is 1610. The summed E-state index contributed by atoms with van der Waals surface area (Å²) >= 11 is 0. The number of para-hydroxylation sites is 2. The molecule has 3 N–H and O–H groups in total. The number of phenolic OH excluding ortho intramolecular Hbond substituents is 2. The SMILES string of the molecule is COc1ccc(C2=CC(OO)(C(C)(C)C)C(=O)C(C(C)(C)C)=C2)cc1.Oc1ccccc1C=NCCC[N-]CCCN=Cc1ccccc1O.[Co]. The van der Waals surface area contributed by atoms with Gasteiger partial charge in [0.05, 0.1) is 7.11 Å². The number of aliphatic imine (C=N–C) groups is 2. The summed E-state index contributed by atoms with van der Waals surface area (Å²) in [5.41, 5.74) is 1.45. The largest absolute Gasteiger partial charge is 0.662 e. The number of ether oxygens (including phenoxy) is 1. The third kappa shape index (κ3) is 12.3. The molecule has 0 fully saturated rings. The van der Waals surface area contributed by atoms with Crippen molar-refractivity contribution in [1.29, 1.82) is 0 Å². The van der Waals surface area contributed by atoms with Crippen LogP contribution in [0.25, 0.3) is 10.9 Å².